The third kappa shape index (κ3) is 3.08. The van der Waals surface area contributed by atoms with Crippen molar-refractivity contribution in [3.63, 3.8) is 0 Å². The molecule has 3 rings (SSSR count). The molecule has 0 saturated carbocycles. The van der Waals surface area contributed by atoms with Gasteiger partial charge in [0.05, 0.1) is 17.1 Å². The largest absolute Gasteiger partial charge is 0.479 e. The highest BCUT2D eigenvalue weighted by atomic mass is 16.5. The van der Waals surface area contributed by atoms with Gasteiger partial charge in [-0.1, -0.05) is 12.1 Å². The molecule has 0 bridgehead atoms. The fourth-order valence-electron chi connectivity index (χ4n) is 2.15. The fourth-order valence-corrected chi connectivity index (χ4v) is 2.15. The first-order valence-corrected chi connectivity index (χ1v) is 7.07. The smallest absolute Gasteiger partial charge is 0.349 e. The molecule has 7 heteroatoms. The van der Waals surface area contributed by atoms with E-state index in [0.29, 0.717) is 22.2 Å². The van der Waals surface area contributed by atoms with Crippen LogP contribution in [-0.4, -0.2) is 22.5 Å². The Balaban J connectivity index is 1.92. The summed E-state index contributed by atoms with van der Waals surface area (Å²) in [5.41, 5.74) is 0.0557. The molecule has 1 aromatic heterocycles. The lowest BCUT2D eigenvalue weighted by molar-refractivity contribution is 0.368. The maximum atomic E-state index is 12.3. The van der Waals surface area contributed by atoms with Gasteiger partial charge in [-0.15, -0.1) is 4.68 Å². The first-order valence-electron chi connectivity index (χ1n) is 7.07. The zero-order valence-corrected chi connectivity index (χ0v) is 12.5. The van der Waals surface area contributed by atoms with E-state index in [2.05, 4.69) is 10.1 Å². The minimum absolute atomic E-state index is 0.0324. The number of aromatic amines is 1. The lowest BCUT2D eigenvalue weighted by Gasteiger charge is -2.02. The summed E-state index contributed by atoms with van der Waals surface area (Å²) in [7, 11) is 0. The van der Waals surface area contributed by atoms with E-state index in [1.807, 2.05) is 6.07 Å². The van der Waals surface area contributed by atoms with Crippen molar-refractivity contribution in [2.45, 2.75) is 0 Å². The average molecular weight is 320 g/mol. The molecule has 0 fully saturated rings. The lowest BCUT2D eigenvalue weighted by Crippen LogP contribution is -2.32. The third-order valence-corrected chi connectivity index (χ3v) is 3.29. The van der Waals surface area contributed by atoms with E-state index in [9.17, 15) is 9.59 Å². The monoisotopic (exact) mass is 320 g/mol. The van der Waals surface area contributed by atoms with Crippen LogP contribution >= 0.6 is 0 Å². The number of fused-ring (bicyclic) bond motifs is 1. The number of benzene rings is 2. The Labute approximate surface area is 136 Å². The third-order valence-electron chi connectivity index (χ3n) is 3.29. The molecular weight excluding hydrogens is 308 g/mol. The van der Waals surface area contributed by atoms with Crippen molar-refractivity contribution in [2.75, 3.05) is 6.61 Å². The van der Waals surface area contributed by atoms with Crippen molar-refractivity contribution >= 4 is 17.1 Å². The number of nitrogens with zero attached hydrogens (tertiary/aromatic N) is 3. The lowest BCUT2D eigenvalue weighted by atomic mass is 10.2. The average Bonchev–Trinajstić information content (AvgIpc) is 2.61. The number of aromatic nitrogens is 2. The Morgan fingerprint density at radius 3 is 2.67 bits per heavy atom. The normalized spacial score (nSPS) is 10.8. The maximum absolute atomic E-state index is 12.3. The van der Waals surface area contributed by atoms with Crippen LogP contribution in [0, 0.1) is 11.3 Å². The van der Waals surface area contributed by atoms with E-state index in [-0.39, 0.29) is 6.61 Å². The van der Waals surface area contributed by atoms with Crippen LogP contribution in [0.2, 0.25) is 0 Å². The molecule has 0 unspecified atom stereocenters. The van der Waals surface area contributed by atoms with E-state index in [0.717, 1.165) is 4.68 Å². The number of rotatable bonds is 4. The Bertz CT molecular complexity index is 1060. The van der Waals surface area contributed by atoms with Gasteiger partial charge in [0.25, 0.3) is 5.56 Å². The van der Waals surface area contributed by atoms with Gasteiger partial charge in [-0.25, -0.2) is 4.79 Å². The van der Waals surface area contributed by atoms with Crippen LogP contribution in [0.25, 0.3) is 10.9 Å². The van der Waals surface area contributed by atoms with Crippen LogP contribution < -0.4 is 16.0 Å². The molecule has 0 radical (unpaired) electrons. The van der Waals surface area contributed by atoms with Gasteiger partial charge >= 0.3 is 5.69 Å². The van der Waals surface area contributed by atoms with Crippen LogP contribution in [0.15, 0.2) is 63.2 Å². The number of H-pyrrole nitrogens is 1. The molecule has 7 nitrogen and oxygen atoms in total. The molecule has 0 atom stereocenters. The molecular formula is C17H12N4O3. The van der Waals surface area contributed by atoms with Gasteiger partial charge < -0.3 is 9.72 Å². The van der Waals surface area contributed by atoms with E-state index < -0.39 is 11.2 Å². The topological polar surface area (TPSA) is 100 Å². The van der Waals surface area contributed by atoms with Gasteiger partial charge in [-0.05, 0) is 42.0 Å². The summed E-state index contributed by atoms with van der Waals surface area (Å²) in [6.45, 7) is -0.0324. The Kier molecular flexibility index (Phi) is 4.21. The summed E-state index contributed by atoms with van der Waals surface area (Å²) in [5, 5.41) is 12.8. The van der Waals surface area contributed by atoms with Crippen LogP contribution in [-0.2, 0) is 0 Å². The van der Waals surface area contributed by atoms with Crippen molar-refractivity contribution in [3.8, 4) is 11.8 Å². The quantitative estimate of drug-likeness (QED) is 0.736. The van der Waals surface area contributed by atoms with Crippen molar-refractivity contribution in [2.24, 2.45) is 5.10 Å². The maximum Gasteiger partial charge on any atom is 0.349 e. The van der Waals surface area contributed by atoms with Gasteiger partial charge in [0, 0.05) is 0 Å². The molecule has 0 aliphatic heterocycles. The van der Waals surface area contributed by atoms with Gasteiger partial charge in [0.15, 0.2) is 6.61 Å². The summed E-state index contributed by atoms with van der Waals surface area (Å²) < 4.78 is 5.92. The summed E-state index contributed by atoms with van der Waals surface area (Å²) in [4.78, 5) is 26.9. The minimum Gasteiger partial charge on any atom is -0.479 e. The number of para-hydroxylation sites is 1. The molecule has 1 N–H and O–H groups in total. The highest BCUT2D eigenvalue weighted by Gasteiger charge is 2.05. The predicted octanol–water partition coefficient (Wildman–Crippen LogP) is 1.47. The first kappa shape index (κ1) is 15.2. The highest BCUT2D eigenvalue weighted by molar-refractivity contribution is 5.80. The zero-order valence-electron chi connectivity index (χ0n) is 12.5. The van der Waals surface area contributed by atoms with E-state index in [1.54, 1.807) is 48.5 Å². The summed E-state index contributed by atoms with van der Waals surface area (Å²) in [5.74, 6) is 0.550. The minimum atomic E-state index is -0.607. The molecule has 1 heterocycles. The SMILES string of the molecule is N#CCOc1ccc(C=Nn2c(=O)[nH]c3ccccc3c2=O)cc1. The van der Waals surface area contributed by atoms with Gasteiger partial charge in [-0.3, -0.25) is 4.79 Å². The predicted molar refractivity (Wildman–Crippen MR) is 89.4 cm³/mol. The Morgan fingerprint density at radius 1 is 1.17 bits per heavy atom. The summed E-state index contributed by atoms with van der Waals surface area (Å²) in [6, 6.07) is 15.4. The molecule has 2 aromatic carbocycles. The number of hydrogen-bond donors (Lipinski definition) is 1. The van der Waals surface area contributed by atoms with E-state index in [1.165, 1.54) is 6.21 Å². The van der Waals surface area contributed by atoms with Crippen molar-refractivity contribution in [3.05, 3.63) is 74.9 Å². The number of nitrogens with one attached hydrogen (secondary N) is 1. The second-order valence-electron chi connectivity index (χ2n) is 4.85. The number of ether oxygens (including phenoxy) is 1. The second kappa shape index (κ2) is 6.62. The summed E-state index contributed by atoms with van der Waals surface area (Å²) >= 11 is 0. The standard InChI is InChI=1S/C17H12N4O3/c18-9-10-24-13-7-5-12(6-8-13)11-19-21-16(22)14-3-1-2-4-15(14)20-17(21)23/h1-8,11H,10H2,(H,20,23). The van der Waals surface area contributed by atoms with Gasteiger partial charge in [0.1, 0.15) is 11.8 Å². The molecule has 3 aromatic rings. The van der Waals surface area contributed by atoms with Crippen molar-refractivity contribution < 1.29 is 4.74 Å². The van der Waals surface area contributed by atoms with Crippen LogP contribution in [0.3, 0.4) is 0 Å². The Morgan fingerprint density at radius 2 is 1.92 bits per heavy atom. The van der Waals surface area contributed by atoms with Crippen molar-refractivity contribution in [1.29, 1.82) is 5.26 Å². The van der Waals surface area contributed by atoms with Gasteiger partial charge in [-0.2, -0.15) is 10.4 Å². The number of hydrogen-bond acceptors (Lipinski definition) is 5. The highest BCUT2D eigenvalue weighted by Crippen LogP contribution is 2.10. The molecule has 0 aliphatic rings. The molecule has 24 heavy (non-hydrogen) atoms. The summed E-state index contributed by atoms with van der Waals surface area (Å²) in [6.07, 6.45) is 1.40. The van der Waals surface area contributed by atoms with Crippen LogP contribution in [0.5, 0.6) is 5.75 Å². The first-order chi connectivity index (χ1) is 11.7. The van der Waals surface area contributed by atoms with Gasteiger partial charge in [0.2, 0.25) is 0 Å². The molecule has 0 aliphatic carbocycles. The molecule has 118 valence electrons. The van der Waals surface area contributed by atoms with Crippen LogP contribution in [0.4, 0.5) is 0 Å². The molecule has 0 saturated heterocycles. The second-order valence-corrected chi connectivity index (χ2v) is 4.85. The van der Waals surface area contributed by atoms with E-state index >= 15 is 0 Å². The zero-order chi connectivity index (χ0) is 16.9. The molecule has 0 spiro atoms. The van der Waals surface area contributed by atoms with E-state index in [4.69, 9.17) is 10.00 Å². The fraction of sp³-hybridized carbons (Fsp3) is 0.0588. The van der Waals surface area contributed by atoms with Crippen LogP contribution in [0.1, 0.15) is 5.56 Å². The Hall–Kier alpha value is -3.66. The number of nitriles is 1. The molecule has 0 amide bonds. The van der Waals surface area contributed by atoms with Crippen molar-refractivity contribution in [1.82, 2.24) is 9.66 Å².